The smallest absolute Gasteiger partial charge is 0.444 e. The van der Waals surface area contributed by atoms with E-state index < -0.39 is 29.7 Å². The first-order valence-electron chi connectivity index (χ1n) is 10.5. The van der Waals surface area contributed by atoms with Crippen LogP contribution in [0.15, 0.2) is 24.3 Å². The monoisotopic (exact) mass is 463 g/mol. The molecule has 2 aliphatic rings. The lowest BCUT2D eigenvalue weighted by Crippen LogP contribution is -2.56. The van der Waals surface area contributed by atoms with Crippen molar-refractivity contribution in [2.75, 3.05) is 0 Å². The summed E-state index contributed by atoms with van der Waals surface area (Å²) >= 11 is 0. The maximum atomic E-state index is 13.0. The van der Waals surface area contributed by atoms with Crippen molar-refractivity contribution >= 4 is 11.9 Å². The maximum absolute atomic E-state index is 13.0. The van der Waals surface area contributed by atoms with Gasteiger partial charge in [0.15, 0.2) is 5.78 Å². The first-order valence-corrected chi connectivity index (χ1v) is 10.5. The molecule has 2 heterocycles. The number of amides is 1. The van der Waals surface area contributed by atoms with Crippen molar-refractivity contribution in [1.82, 2.24) is 4.90 Å². The number of Topliss-reactive ketones (excluding diaryl/α,β-unsaturated/α-hetero) is 1. The summed E-state index contributed by atoms with van der Waals surface area (Å²) in [6.07, 6.45) is -8.25. The summed E-state index contributed by atoms with van der Waals surface area (Å²) in [5, 5.41) is 0. The number of benzene rings is 1. The molecular weight excluding hydrogens is 437 g/mol. The number of fused-ring (bicyclic) bond motifs is 2. The van der Waals surface area contributed by atoms with E-state index >= 15 is 0 Å². The van der Waals surface area contributed by atoms with Gasteiger partial charge in [0.05, 0.1) is 0 Å². The number of ketones is 1. The fourth-order valence-electron chi connectivity index (χ4n) is 4.34. The minimum atomic E-state index is -5.85. The summed E-state index contributed by atoms with van der Waals surface area (Å²) in [5.41, 5.74) is -0.438. The fraction of sp³-hybridized carbons (Fsp3) is 0.636. The fourth-order valence-corrected chi connectivity index (χ4v) is 4.34. The number of hydrogen-bond donors (Lipinski definition) is 0. The molecule has 3 rings (SSSR count). The minimum Gasteiger partial charge on any atom is -0.444 e. The number of alkyl halides is 5. The van der Waals surface area contributed by atoms with E-state index in [2.05, 4.69) is 4.74 Å². The van der Waals surface area contributed by atoms with Gasteiger partial charge in [-0.2, -0.15) is 22.0 Å². The molecule has 2 bridgehead atoms. The van der Waals surface area contributed by atoms with Crippen LogP contribution < -0.4 is 4.74 Å². The van der Waals surface area contributed by atoms with Crippen LogP contribution in [0.5, 0.6) is 5.75 Å². The lowest BCUT2D eigenvalue weighted by Gasteiger charge is -2.48. The lowest BCUT2D eigenvalue weighted by molar-refractivity contribution is -0.360. The van der Waals surface area contributed by atoms with Crippen LogP contribution in [0, 0.1) is 5.92 Å². The molecule has 0 aliphatic carbocycles. The largest absolute Gasteiger partial charge is 0.499 e. The van der Waals surface area contributed by atoms with E-state index in [0.29, 0.717) is 12.8 Å². The van der Waals surface area contributed by atoms with Crippen molar-refractivity contribution < 1.29 is 41.0 Å². The van der Waals surface area contributed by atoms with Gasteiger partial charge in [-0.1, -0.05) is 0 Å². The van der Waals surface area contributed by atoms with Gasteiger partial charge in [0.25, 0.3) is 0 Å². The SMILES string of the molecule is CC(C)(C)OC(=O)N1C2CCCC1CC(C(=O)c1ccc(OC(F)(F)C(F)(F)F)cc1)C2. The van der Waals surface area contributed by atoms with Crippen molar-refractivity contribution in [3.05, 3.63) is 29.8 Å². The first-order chi connectivity index (χ1) is 14.7. The number of halogens is 5. The van der Waals surface area contributed by atoms with Crippen LogP contribution in [-0.2, 0) is 4.74 Å². The zero-order valence-electron chi connectivity index (χ0n) is 18.0. The Morgan fingerprint density at radius 2 is 1.47 bits per heavy atom. The normalized spacial score (nSPS) is 24.1. The Hall–Kier alpha value is -2.39. The van der Waals surface area contributed by atoms with Gasteiger partial charge in [-0.15, -0.1) is 0 Å². The van der Waals surface area contributed by atoms with Gasteiger partial charge < -0.3 is 14.4 Å². The van der Waals surface area contributed by atoms with Crippen LogP contribution in [0.2, 0.25) is 0 Å². The summed E-state index contributed by atoms with van der Waals surface area (Å²) in [7, 11) is 0. The Balaban J connectivity index is 1.68. The standard InChI is InChI=1S/C22H26F5NO4/c1-20(2,3)32-19(30)28-15-5-4-6-16(28)12-14(11-15)18(29)13-7-9-17(10-8-13)31-22(26,27)21(23,24)25/h7-10,14-16H,4-6,11-12H2,1-3H3. The molecule has 0 radical (unpaired) electrons. The van der Waals surface area contributed by atoms with Gasteiger partial charge in [-0.05, 0) is 77.1 Å². The van der Waals surface area contributed by atoms with Gasteiger partial charge in [-0.25, -0.2) is 4.79 Å². The van der Waals surface area contributed by atoms with Crippen LogP contribution in [-0.4, -0.2) is 46.7 Å². The third kappa shape index (κ3) is 5.32. The molecule has 0 saturated carbocycles. The highest BCUT2D eigenvalue weighted by molar-refractivity contribution is 5.98. The van der Waals surface area contributed by atoms with Gasteiger partial charge in [-0.3, -0.25) is 4.79 Å². The Labute approximate surface area is 182 Å². The van der Waals surface area contributed by atoms with Crippen molar-refractivity contribution in [3.8, 4) is 5.75 Å². The highest BCUT2D eigenvalue weighted by Gasteiger charge is 2.61. The zero-order chi connectivity index (χ0) is 23.9. The summed E-state index contributed by atoms with van der Waals surface area (Å²) in [6.45, 7) is 5.36. The van der Waals surface area contributed by atoms with Crippen molar-refractivity contribution in [2.24, 2.45) is 5.92 Å². The highest BCUT2D eigenvalue weighted by Crippen LogP contribution is 2.40. The van der Waals surface area contributed by atoms with E-state index in [9.17, 15) is 31.5 Å². The molecule has 0 aromatic heterocycles. The molecule has 0 spiro atoms. The zero-order valence-corrected chi connectivity index (χ0v) is 18.0. The second-order valence-electron chi connectivity index (χ2n) is 9.30. The molecule has 1 aromatic rings. The summed E-state index contributed by atoms with van der Waals surface area (Å²) < 4.78 is 72.3. The first kappa shape index (κ1) is 24.3. The Bertz CT molecular complexity index is 833. The maximum Gasteiger partial charge on any atom is 0.499 e. The summed E-state index contributed by atoms with van der Waals surface area (Å²) in [6, 6.07) is 3.92. The molecule has 2 atom stereocenters. The Morgan fingerprint density at radius 3 is 1.94 bits per heavy atom. The number of carbonyl (C=O) groups is 2. The Kier molecular flexibility index (Phi) is 6.45. The van der Waals surface area contributed by atoms with Crippen molar-refractivity contribution in [3.63, 3.8) is 0 Å². The summed E-state index contributed by atoms with van der Waals surface area (Å²) in [4.78, 5) is 27.4. The number of nitrogens with zero attached hydrogens (tertiary/aromatic N) is 1. The molecule has 2 saturated heterocycles. The van der Waals surface area contributed by atoms with Crippen LogP contribution in [0.25, 0.3) is 0 Å². The van der Waals surface area contributed by atoms with E-state index in [4.69, 9.17) is 4.74 Å². The number of ether oxygens (including phenoxy) is 2. The van der Waals surface area contributed by atoms with Crippen molar-refractivity contribution in [1.29, 1.82) is 0 Å². The second-order valence-corrected chi connectivity index (χ2v) is 9.30. The highest BCUT2D eigenvalue weighted by atomic mass is 19.4. The van der Waals surface area contributed by atoms with Crippen molar-refractivity contribution in [2.45, 2.75) is 82.8 Å². The van der Waals surface area contributed by atoms with Gasteiger partial charge >= 0.3 is 18.4 Å². The topological polar surface area (TPSA) is 55.8 Å². The average Bonchev–Trinajstić information content (AvgIpc) is 2.64. The number of piperidine rings is 2. The third-order valence-electron chi connectivity index (χ3n) is 5.66. The van der Waals surface area contributed by atoms with Gasteiger partial charge in [0, 0.05) is 23.6 Å². The number of rotatable bonds is 4. The van der Waals surface area contributed by atoms with Gasteiger partial charge in [0.1, 0.15) is 11.4 Å². The second kappa shape index (κ2) is 8.51. The quantitative estimate of drug-likeness (QED) is 0.408. The predicted octanol–water partition coefficient (Wildman–Crippen LogP) is 5.97. The average molecular weight is 463 g/mol. The third-order valence-corrected chi connectivity index (χ3v) is 5.66. The van der Waals surface area contributed by atoms with E-state index in [-0.39, 0.29) is 29.3 Å². The predicted molar refractivity (Wildman–Crippen MR) is 105 cm³/mol. The van der Waals surface area contributed by atoms with E-state index in [0.717, 1.165) is 31.4 Å². The molecule has 1 amide bonds. The molecular formula is C22H26F5NO4. The van der Waals surface area contributed by atoms with Crippen LogP contribution in [0.3, 0.4) is 0 Å². The molecule has 2 unspecified atom stereocenters. The van der Waals surface area contributed by atoms with E-state index in [1.54, 1.807) is 25.7 Å². The molecule has 5 nitrogen and oxygen atoms in total. The molecule has 2 fully saturated rings. The Morgan fingerprint density at radius 1 is 0.938 bits per heavy atom. The van der Waals surface area contributed by atoms with Crippen LogP contribution in [0.1, 0.15) is 63.2 Å². The van der Waals surface area contributed by atoms with E-state index in [1.807, 2.05) is 0 Å². The summed E-state index contributed by atoms with van der Waals surface area (Å²) in [5.74, 6) is -1.31. The van der Waals surface area contributed by atoms with Crippen LogP contribution >= 0.6 is 0 Å². The lowest BCUT2D eigenvalue weighted by atomic mass is 9.76. The molecule has 1 aromatic carbocycles. The molecule has 178 valence electrons. The van der Waals surface area contributed by atoms with Crippen LogP contribution in [0.4, 0.5) is 26.7 Å². The number of carbonyl (C=O) groups excluding carboxylic acids is 2. The molecule has 10 heteroatoms. The molecule has 32 heavy (non-hydrogen) atoms. The minimum absolute atomic E-state index is 0.139. The molecule has 2 aliphatic heterocycles. The van der Waals surface area contributed by atoms with E-state index in [1.165, 1.54) is 12.1 Å². The molecule has 0 N–H and O–H groups in total. The van der Waals surface area contributed by atoms with Gasteiger partial charge in [0.2, 0.25) is 0 Å². The number of hydrogen-bond acceptors (Lipinski definition) is 4.